The molecule has 2 aromatic rings. The molecule has 2 atom stereocenters. The van der Waals surface area contributed by atoms with Crippen LogP contribution in [0.5, 0.6) is 11.5 Å². The van der Waals surface area contributed by atoms with E-state index in [-0.39, 0.29) is 45.7 Å². The molecule has 2 N–H and O–H groups in total. The van der Waals surface area contributed by atoms with Crippen molar-refractivity contribution in [1.82, 2.24) is 9.80 Å². The van der Waals surface area contributed by atoms with Crippen LogP contribution in [-0.4, -0.2) is 83.4 Å². The van der Waals surface area contributed by atoms with Crippen LogP contribution in [0.25, 0.3) is 0 Å². The lowest BCUT2D eigenvalue weighted by Crippen LogP contribution is -2.57. The molecule has 8 heteroatoms. The fraction of sp³-hybridized carbons (Fsp3) is 0.682. The SMILES string of the molecule is C[C@H]1CN(CCOC(=O)CCc2cc(C(C)(C)C)c(O)c(C(C)(C)C)c2)[C@@H](C)CN1CCOC(=O)CCc1cc(C(C)(C)C)c(O)c(C(C)(C)C)c1. The largest absolute Gasteiger partial charge is 0.507 e. The third-order valence-electron chi connectivity index (χ3n) is 10.3. The minimum Gasteiger partial charge on any atom is -0.507 e. The van der Waals surface area contributed by atoms with Crippen LogP contribution in [0.2, 0.25) is 0 Å². The lowest BCUT2D eigenvalue weighted by molar-refractivity contribution is -0.146. The molecule has 2 aromatic carbocycles. The number of carbonyl (C=O) groups is 2. The summed E-state index contributed by atoms with van der Waals surface area (Å²) < 4.78 is 11.4. The molecule has 292 valence electrons. The maximum atomic E-state index is 12.8. The molecule has 1 aliphatic rings. The summed E-state index contributed by atoms with van der Waals surface area (Å²) in [5.74, 6) is 0.279. The summed E-state index contributed by atoms with van der Waals surface area (Å²) in [6, 6.07) is 8.68. The number of esters is 2. The van der Waals surface area contributed by atoms with Crippen LogP contribution in [0.15, 0.2) is 24.3 Å². The molecule has 1 fully saturated rings. The molecule has 0 radical (unpaired) electrons. The maximum Gasteiger partial charge on any atom is 0.306 e. The Kier molecular flexibility index (Phi) is 14.1. The van der Waals surface area contributed by atoms with Crippen molar-refractivity contribution in [1.29, 1.82) is 0 Å². The van der Waals surface area contributed by atoms with E-state index in [0.29, 0.717) is 63.5 Å². The van der Waals surface area contributed by atoms with E-state index in [1.165, 1.54) is 0 Å². The highest BCUT2D eigenvalue weighted by atomic mass is 16.5. The fourth-order valence-corrected chi connectivity index (χ4v) is 7.05. The number of phenolic OH excluding ortho intramolecular Hbond substituents is 2. The summed E-state index contributed by atoms with van der Waals surface area (Å²) in [5.41, 5.74) is 4.82. The Morgan fingerprint density at radius 3 is 1.10 bits per heavy atom. The highest BCUT2D eigenvalue weighted by Crippen LogP contribution is 2.41. The van der Waals surface area contributed by atoms with Crippen molar-refractivity contribution in [2.75, 3.05) is 39.4 Å². The summed E-state index contributed by atoms with van der Waals surface area (Å²) in [6.07, 6.45) is 1.71. The van der Waals surface area contributed by atoms with Crippen molar-refractivity contribution in [3.8, 4) is 11.5 Å². The van der Waals surface area contributed by atoms with Gasteiger partial charge in [-0.15, -0.1) is 0 Å². The van der Waals surface area contributed by atoms with E-state index in [2.05, 4.69) is 107 Å². The van der Waals surface area contributed by atoms with Gasteiger partial charge in [-0.2, -0.15) is 0 Å². The lowest BCUT2D eigenvalue weighted by atomic mass is 9.78. The summed E-state index contributed by atoms with van der Waals surface area (Å²) in [7, 11) is 0. The van der Waals surface area contributed by atoms with Crippen LogP contribution in [0, 0.1) is 0 Å². The Balaban J connectivity index is 1.44. The van der Waals surface area contributed by atoms with Crippen molar-refractivity contribution >= 4 is 11.9 Å². The zero-order valence-corrected chi connectivity index (χ0v) is 35.0. The van der Waals surface area contributed by atoms with Crippen LogP contribution >= 0.6 is 0 Å². The number of carbonyl (C=O) groups excluding carboxylic acids is 2. The summed E-state index contributed by atoms with van der Waals surface area (Å²) in [5, 5.41) is 22.0. The van der Waals surface area contributed by atoms with E-state index >= 15 is 0 Å². The van der Waals surface area contributed by atoms with Gasteiger partial charge in [-0.25, -0.2) is 0 Å². The zero-order chi connectivity index (χ0) is 39.4. The highest BCUT2D eigenvalue weighted by molar-refractivity contribution is 5.70. The van der Waals surface area contributed by atoms with Gasteiger partial charge in [0, 0.05) is 51.1 Å². The first kappa shape index (κ1) is 43.3. The Hall–Kier alpha value is -3.10. The molecule has 0 bridgehead atoms. The standard InChI is InChI=1S/C44H70N2O6/c1-29-27-46(20-22-52-38(48)18-16-32-25-35(43(9,10)11)40(50)36(26-32)44(12,13)14)30(2)28-45(29)19-21-51-37(47)17-15-31-23-33(41(3,4)5)39(49)34(24-31)42(6,7)8/h23-26,29-30,49-50H,15-22,27-28H2,1-14H3/t29-,30-/m0/s1. The average Bonchev–Trinajstić information content (AvgIpc) is 2.99. The van der Waals surface area contributed by atoms with Crippen LogP contribution in [-0.2, 0) is 53.6 Å². The predicted molar refractivity (Wildman–Crippen MR) is 212 cm³/mol. The van der Waals surface area contributed by atoms with Crippen LogP contribution in [0.4, 0.5) is 0 Å². The van der Waals surface area contributed by atoms with Crippen LogP contribution < -0.4 is 0 Å². The van der Waals surface area contributed by atoms with Gasteiger partial charge in [0.1, 0.15) is 24.7 Å². The van der Waals surface area contributed by atoms with Gasteiger partial charge in [-0.1, -0.05) is 107 Å². The Morgan fingerprint density at radius 2 is 0.846 bits per heavy atom. The minimum atomic E-state index is -0.216. The van der Waals surface area contributed by atoms with Crippen molar-refractivity contribution in [2.45, 2.75) is 156 Å². The number of benzene rings is 2. The predicted octanol–water partition coefficient (Wildman–Crippen LogP) is 8.33. The number of ether oxygens (including phenoxy) is 2. The highest BCUT2D eigenvalue weighted by Gasteiger charge is 2.30. The first-order valence-electron chi connectivity index (χ1n) is 19.3. The van der Waals surface area contributed by atoms with E-state index in [1.807, 2.05) is 24.3 Å². The second-order valence-electron chi connectivity index (χ2n) is 19.2. The summed E-state index contributed by atoms with van der Waals surface area (Å²) in [6.45, 7) is 33.2. The number of piperazine rings is 1. The van der Waals surface area contributed by atoms with Gasteiger partial charge in [0.15, 0.2) is 0 Å². The Bertz CT molecular complexity index is 1350. The molecule has 1 aliphatic heterocycles. The number of rotatable bonds is 12. The molecule has 52 heavy (non-hydrogen) atoms. The molecule has 3 rings (SSSR count). The fourth-order valence-electron chi connectivity index (χ4n) is 7.05. The summed E-state index contributed by atoms with van der Waals surface area (Å²) >= 11 is 0. The van der Waals surface area contributed by atoms with Gasteiger partial charge in [-0.3, -0.25) is 19.4 Å². The van der Waals surface area contributed by atoms with Gasteiger partial charge in [-0.05, 0) is 81.7 Å². The smallest absolute Gasteiger partial charge is 0.306 e. The third kappa shape index (κ3) is 12.0. The number of hydrogen-bond acceptors (Lipinski definition) is 8. The van der Waals surface area contributed by atoms with Crippen molar-refractivity contribution < 1.29 is 29.3 Å². The molecule has 0 unspecified atom stereocenters. The Morgan fingerprint density at radius 1 is 0.577 bits per heavy atom. The summed E-state index contributed by atoms with van der Waals surface area (Å²) in [4.78, 5) is 30.2. The van der Waals surface area contributed by atoms with Gasteiger partial charge >= 0.3 is 11.9 Å². The Labute approximate surface area is 315 Å². The van der Waals surface area contributed by atoms with Gasteiger partial charge in [0.2, 0.25) is 0 Å². The van der Waals surface area contributed by atoms with E-state index in [9.17, 15) is 19.8 Å². The monoisotopic (exact) mass is 723 g/mol. The average molecular weight is 723 g/mol. The van der Waals surface area contributed by atoms with Crippen molar-refractivity contribution in [3.63, 3.8) is 0 Å². The quantitative estimate of drug-likeness (QED) is 0.211. The number of aromatic hydroxyl groups is 2. The number of nitrogens with zero attached hydrogens (tertiary/aromatic N) is 2. The molecular formula is C44H70N2O6. The van der Waals surface area contributed by atoms with Crippen LogP contribution in [0.1, 0.15) is 143 Å². The topological polar surface area (TPSA) is 99.5 Å². The van der Waals surface area contributed by atoms with Crippen molar-refractivity contribution in [3.05, 3.63) is 57.6 Å². The first-order valence-corrected chi connectivity index (χ1v) is 19.3. The molecule has 1 heterocycles. The van der Waals surface area contributed by atoms with E-state index in [0.717, 1.165) is 46.5 Å². The lowest BCUT2D eigenvalue weighted by Gasteiger charge is -2.44. The van der Waals surface area contributed by atoms with E-state index in [1.54, 1.807) is 0 Å². The molecule has 0 amide bonds. The molecule has 1 saturated heterocycles. The molecule has 0 aliphatic carbocycles. The second-order valence-corrected chi connectivity index (χ2v) is 19.2. The molecule has 0 saturated carbocycles. The normalized spacial score (nSPS) is 18.0. The zero-order valence-electron chi connectivity index (χ0n) is 35.0. The first-order chi connectivity index (χ1) is 23.8. The number of hydrogen-bond donors (Lipinski definition) is 2. The maximum absolute atomic E-state index is 12.8. The molecule has 0 spiro atoms. The number of aryl methyl sites for hydroxylation is 2. The van der Waals surface area contributed by atoms with Crippen molar-refractivity contribution in [2.24, 2.45) is 0 Å². The molecule has 0 aromatic heterocycles. The van der Waals surface area contributed by atoms with E-state index in [4.69, 9.17) is 9.47 Å². The van der Waals surface area contributed by atoms with Gasteiger partial charge in [0.05, 0.1) is 0 Å². The molecular weight excluding hydrogens is 652 g/mol. The molecule has 8 nitrogen and oxygen atoms in total. The van der Waals surface area contributed by atoms with Crippen LogP contribution in [0.3, 0.4) is 0 Å². The number of phenols is 2. The van der Waals surface area contributed by atoms with E-state index < -0.39 is 0 Å². The minimum absolute atomic E-state index is 0.210. The second kappa shape index (κ2) is 16.9. The van der Waals surface area contributed by atoms with Gasteiger partial charge in [0.25, 0.3) is 0 Å². The van der Waals surface area contributed by atoms with Gasteiger partial charge < -0.3 is 19.7 Å². The third-order valence-corrected chi connectivity index (χ3v) is 10.3.